The fraction of sp³-hybridized carbons (Fsp3) is 0.600. The Hall–Kier alpha value is -1.12. The standard InChI is InChI=1S/C10H10O3/c1-10-6-3-2-5(4-6)7(10)8(11)13-9(10)12/h2-3,5-7H,4H2,1H3/t5-,6+,7?,10?/m1/s1. The zero-order chi connectivity index (χ0) is 9.22. The van der Waals surface area contributed by atoms with Crippen LogP contribution in [0.15, 0.2) is 12.2 Å². The molecule has 2 aliphatic carbocycles. The molecule has 0 aromatic carbocycles. The summed E-state index contributed by atoms with van der Waals surface area (Å²) in [5, 5.41) is 0. The van der Waals surface area contributed by atoms with Gasteiger partial charge in [-0.05, 0) is 25.2 Å². The van der Waals surface area contributed by atoms with E-state index in [1.54, 1.807) is 0 Å². The zero-order valence-corrected chi connectivity index (χ0v) is 7.32. The van der Waals surface area contributed by atoms with Gasteiger partial charge in [0.15, 0.2) is 0 Å². The molecule has 1 saturated carbocycles. The lowest BCUT2D eigenvalue weighted by atomic mass is 9.72. The van der Waals surface area contributed by atoms with Gasteiger partial charge in [-0.1, -0.05) is 12.2 Å². The molecule has 2 fully saturated rings. The SMILES string of the molecule is CC12C(=O)OC(=O)C1[C@@H]1C=C[C@H]2C1. The van der Waals surface area contributed by atoms with Crippen LogP contribution in [0, 0.1) is 23.2 Å². The van der Waals surface area contributed by atoms with Gasteiger partial charge in [0.25, 0.3) is 0 Å². The molecule has 2 unspecified atom stereocenters. The Bertz CT molecular complexity index is 344. The Morgan fingerprint density at radius 3 is 2.92 bits per heavy atom. The first kappa shape index (κ1) is 7.30. The number of hydrogen-bond acceptors (Lipinski definition) is 3. The number of esters is 2. The van der Waals surface area contributed by atoms with Crippen molar-refractivity contribution in [2.45, 2.75) is 13.3 Å². The zero-order valence-electron chi connectivity index (χ0n) is 7.32. The molecule has 0 amide bonds. The fourth-order valence-electron chi connectivity index (χ4n) is 3.06. The van der Waals surface area contributed by atoms with Crippen molar-refractivity contribution in [3.63, 3.8) is 0 Å². The highest BCUT2D eigenvalue weighted by atomic mass is 16.6. The van der Waals surface area contributed by atoms with Crippen LogP contribution >= 0.6 is 0 Å². The van der Waals surface area contributed by atoms with E-state index in [9.17, 15) is 9.59 Å². The van der Waals surface area contributed by atoms with E-state index in [1.165, 1.54) is 0 Å². The van der Waals surface area contributed by atoms with E-state index in [0.29, 0.717) is 0 Å². The van der Waals surface area contributed by atoms with Crippen molar-refractivity contribution in [1.82, 2.24) is 0 Å². The molecular formula is C10H10O3. The van der Waals surface area contributed by atoms with Gasteiger partial charge in [0.2, 0.25) is 0 Å². The molecule has 0 radical (unpaired) electrons. The molecule has 68 valence electrons. The van der Waals surface area contributed by atoms with Crippen molar-refractivity contribution in [2.24, 2.45) is 23.2 Å². The number of ether oxygens (including phenoxy) is 1. The van der Waals surface area contributed by atoms with Crippen LogP contribution < -0.4 is 0 Å². The third kappa shape index (κ3) is 0.598. The number of hydrogen-bond donors (Lipinski definition) is 0. The second kappa shape index (κ2) is 1.86. The fourth-order valence-corrected chi connectivity index (χ4v) is 3.06. The first-order chi connectivity index (χ1) is 6.14. The number of fused-ring (bicyclic) bond motifs is 5. The molecule has 0 aromatic heterocycles. The molecule has 0 aromatic rings. The third-order valence-electron chi connectivity index (χ3n) is 3.85. The molecule has 3 aliphatic rings. The van der Waals surface area contributed by atoms with E-state index in [4.69, 9.17) is 4.74 Å². The third-order valence-corrected chi connectivity index (χ3v) is 3.85. The summed E-state index contributed by atoms with van der Waals surface area (Å²) < 4.78 is 4.69. The normalized spacial score (nSPS) is 51.3. The van der Waals surface area contributed by atoms with Gasteiger partial charge < -0.3 is 4.74 Å². The number of allylic oxidation sites excluding steroid dienone is 2. The number of cyclic esters (lactones) is 2. The lowest BCUT2D eigenvalue weighted by Crippen LogP contribution is -2.34. The Balaban J connectivity index is 2.17. The quantitative estimate of drug-likeness (QED) is 0.314. The summed E-state index contributed by atoms with van der Waals surface area (Å²) in [5.74, 6) is -0.367. The van der Waals surface area contributed by atoms with Gasteiger partial charge in [-0.25, -0.2) is 0 Å². The molecule has 1 heterocycles. The minimum absolute atomic E-state index is 0.199. The van der Waals surface area contributed by atoms with Gasteiger partial charge in [0.1, 0.15) is 0 Å². The minimum Gasteiger partial charge on any atom is -0.392 e. The van der Waals surface area contributed by atoms with Crippen molar-refractivity contribution in [2.75, 3.05) is 0 Å². The molecule has 3 rings (SSSR count). The van der Waals surface area contributed by atoms with E-state index < -0.39 is 5.41 Å². The van der Waals surface area contributed by atoms with Gasteiger partial charge in [-0.3, -0.25) is 9.59 Å². The number of rotatable bonds is 0. The van der Waals surface area contributed by atoms with E-state index in [0.717, 1.165) is 6.42 Å². The Kier molecular flexibility index (Phi) is 1.05. The van der Waals surface area contributed by atoms with Gasteiger partial charge in [-0.2, -0.15) is 0 Å². The van der Waals surface area contributed by atoms with Crippen molar-refractivity contribution in [3.8, 4) is 0 Å². The lowest BCUT2D eigenvalue weighted by molar-refractivity contribution is -0.156. The van der Waals surface area contributed by atoms with Gasteiger partial charge in [0, 0.05) is 0 Å². The summed E-state index contributed by atoms with van der Waals surface area (Å²) in [5.41, 5.74) is -0.545. The second-order valence-corrected chi connectivity index (χ2v) is 4.36. The smallest absolute Gasteiger partial charge is 0.320 e. The molecule has 1 saturated heterocycles. The van der Waals surface area contributed by atoms with Gasteiger partial charge in [-0.15, -0.1) is 0 Å². The van der Waals surface area contributed by atoms with E-state index in [2.05, 4.69) is 12.2 Å². The first-order valence-electron chi connectivity index (χ1n) is 4.58. The molecule has 0 N–H and O–H groups in total. The summed E-state index contributed by atoms with van der Waals surface area (Å²) >= 11 is 0. The molecule has 13 heavy (non-hydrogen) atoms. The van der Waals surface area contributed by atoms with Crippen LogP contribution in [0.2, 0.25) is 0 Å². The average Bonchev–Trinajstić information content (AvgIpc) is 2.66. The molecule has 3 heteroatoms. The molecule has 1 aliphatic heterocycles. The minimum atomic E-state index is -0.545. The highest BCUT2D eigenvalue weighted by Crippen LogP contribution is 2.59. The van der Waals surface area contributed by atoms with Crippen LogP contribution in [0.3, 0.4) is 0 Å². The summed E-state index contributed by atoms with van der Waals surface area (Å²) in [6, 6.07) is 0. The van der Waals surface area contributed by atoms with E-state index in [-0.39, 0.29) is 29.7 Å². The first-order valence-corrected chi connectivity index (χ1v) is 4.58. The van der Waals surface area contributed by atoms with E-state index in [1.807, 2.05) is 6.92 Å². The average molecular weight is 178 g/mol. The van der Waals surface area contributed by atoms with Gasteiger partial charge >= 0.3 is 11.9 Å². The second-order valence-electron chi connectivity index (χ2n) is 4.36. The number of carbonyl (C=O) groups excluding carboxylic acids is 2. The van der Waals surface area contributed by atoms with Crippen LogP contribution in [0.1, 0.15) is 13.3 Å². The largest absolute Gasteiger partial charge is 0.392 e. The van der Waals surface area contributed by atoms with Crippen LogP contribution in [0.5, 0.6) is 0 Å². The van der Waals surface area contributed by atoms with Crippen molar-refractivity contribution >= 4 is 11.9 Å². The Labute approximate surface area is 75.8 Å². The topological polar surface area (TPSA) is 43.4 Å². The van der Waals surface area contributed by atoms with E-state index >= 15 is 0 Å². The Morgan fingerprint density at radius 1 is 1.46 bits per heavy atom. The summed E-state index contributed by atoms with van der Waals surface area (Å²) in [6.45, 7) is 1.86. The van der Waals surface area contributed by atoms with Gasteiger partial charge in [0.05, 0.1) is 11.3 Å². The Morgan fingerprint density at radius 2 is 2.23 bits per heavy atom. The van der Waals surface area contributed by atoms with Crippen LogP contribution in [-0.4, -0.2) is 11.9 Å². The lowest BCUT2D eigenvalue weighted by Gasteiger charge is -2.25. The monoisotopic (exact) mass is 178 g/mol. The van der Waals surface area contributed by atoms with Crippen molar-refractivity contribution in [3.05, 3.63) is 12.2 Å². The summed E-state index contributed by atoms with van der Waals surface area (Å²) in [7, 11) is 0. The van der Waals surface area contributed by atoms with Crippen LogP contribution in [-0.2, 0) is 14.3 Å². The number of carbonyl (C=O) groups is 2. The highest BCUT2D eigenvalue weighted by Gasteiger charge is 2.66. The summed E-state index contributed by atoms with van der Waals surface area (Å²) in [4.78, 5) is 22.9. The molecule has 4 atom stereocenters. The molecule has 2 bridgehead atoms. The maximum absolute atomic E-state index is 11.5. The van der Waals surface area contributed by atoms with Crippen LogP contribution in [0.25, 0.3) is 0 Å². The summed E-state index contributed by atoms with van der Waals surface area (Å²) in [6.07, 6.45) is 5.06. The van der Waals surface area contributed by atoms with Crippen molar-refractivity contribution < 1.29 is 14.3 Å². The maximum atomic E-state index is 11.5. The maximum Gasteiger partial charge on any atom is 0.320 e. The predicted octanol–water partition coefficient (Wildman–Crippen LogP) is 0.898. The molecule has 0 spiro atoms. The highest BCUT2D eigenvalue weighted by molar-refractivity contribution is 6.00. The van der Waals surface area contributed by atoms with Crippen molar-refractivity contribution in [1.29, 1.82) is 0 Å². The van der Waals surface area contributed by atoms with Crippen LogP contribution in [0.4, 0.5) is 0 Å². The molecular weight excluding hydrogens is 168 g/mol. The molecule has 3 nitrogen and oxygen atoms in total. The predicted molar refractivity (Wildman–Crippen MR) is 43.4 cm³/mol.